The van der Waals surface area contributed by atoms with Crippen molar-refractivity contribution in [3.05, 3.63) is 69.7 Å². The molecule has 12 heteroatoms. The monoisotopic (exact) mass is 566 g/mol. The van der Waals surface area contributed by atoms with Gasteiger partial charge in [0.15, 0.2) is 0 Å². The van der Waals surface area contributed by atoms with Gasteiger partial charge in [-0.1, -0.05) is 35.4 Å². The number of aryl methyl sites for hydroxylation is 1. The van der Waals surface area contributed by atoms with Gasteiger partial charge < -0.3 is 20.3 Å². The van der Waals surface area contributed by atoms with Crippen LogP contribution in [0.15, 0.2) is 42.5 Å². The topological polar surface area (TPSA) is 96.2 Å². The van der Waals surface area contributed by atoms with Gasteiger partial charge in [0, 0.05) is 24.5 Å². The van der Waals surface area contributed by atoms with Gasteiger partial charge in [0.25, 0.3) is 0 Å². The number of hydrogen-bond acceptors (Lipinski definition) is 5. The zero-order valence-electron chi connectivity index (χ0n) is 21.4. The number of fused-ring (bicyclic) bond motifs is 1. The van der Waals surface area contributed by atoms with Crippen molar-refractivity contribution in [3.63, 3.8) is 0 Å². The van der Waals surface area contributed by atoms with Crippen LogP contribution in [-0.2, 0) is 33.7 Å². The highest BCUT2D eigenvalue weighted by atomic mass is 35.5. The molecule has 2 aromatic rings. The standard InChI is InChI=1S/C27H30ClF3N4O4/c1-17-11-19(13-20(12-17)27(29,30)31)16-39-26(38)34-10-8-24(36)35-22(3-2-9-32)25(37)33(15-23(34)35)14-18-4-6-21(28)7-5-18/h4-7,11-13,22-23H,2-3,8-10,14-16,32H2,1H3/t22-,23+/m0/s1. The number of halogens is 4. The summed E-state index contributed by atoms with van der Waals surface area (Å²) in [4.78, 5) is 44.1. The molecule has 0 aliphatic carbocycles. The van der Waals surface area contributed by atoms with Crippen molar-refractivity contribution >= 4 is 29.5 Å². The van der Waals surface area contributed by atoms with Crippen molar-refractivity contribution in [1.29, 1.82) is 0 Å². The molecule has 2 aliphatic rings. The number of nitrogens with two attached hydrogens (primary N) is 1. The largest absolute Gasteiger partial charge is 0.444 e. The molecule has 8 nitrogen and oxygen atoms in total. The lowest BCUT2D eigenvalue weighted by Gasteiger charge is -2.51. The van der Waals surface area contributed by atoms with Gasteiger partial charge in [-0.25, -0.2) is 4.79 Å². The van der Waals surface area contributed by atoms with Crippen LogP contribution in [0.1, 0.15) is 41.5 Å². The molecule has 0 radical (unpaired) electrons. The number of alkyl halides is 3. The van der Waals surface area contributed by atoms with Gasteiger partial charge in [0.1, 0.15) is 18.8 Å². The molecule has 2 fully saturated rings. The lowest BCUT2D eigenvalue weighted by atomic mass is 9.99. The molecule has 2 N–H and O–H groups in total. The summed E-state index contributed by atoms with van der Waals surface area (Å²) < 4.78 is 45.1. The van der Waals surface area contributed by atoms with Crippen molar-refractivity contribution in [2.75, 3.05) is 19.6 Å². The minimum absolute atomic E-state index is 0.00213. The first-order valence-electron chi connectivity index (χ1n) is 12.6. The molecule has 2 aromatic carbocycles. The second-order valence-electron chi connectivity index (χ2n) is 9.78. The Bertz CT molecular complexity index is 1220. The Labute approximate surface area is 229 Å². The fourth-order valence-corrected chi connectivity index (χ4v) is 5.20. The summed E-state index contributed by atoms with van der Waals surface area (Å²) in [5, 5.41) is 0.554. The number of rotatable bonds is 7. The Hall–Kier alpha value is -3.31. The van der Waals surface area contributed by atoms with Crippen molar-refractivity contribution in [3.8, 4) is 0 Å². The summed E-state index contributed by atoms with van der Waals surface area (Å²) >= 11 is 5.99. The zero-order chi connectivity index (χ0) is 28.3. The second-order valence-corrected chi connectivity index (χ2v) is 10.2. The van der Waals surface area contributed by atoms with E-state index in [1.807, 2.05) is 0 Å². The van der Waals surface area contributed by atoms with Crippen LogP contribution < -0.4 is 5.73 Å². The maximum Gasteiger partial charge on any atom is 0.416 e. The molecular formula is C27H30ClF3N4O4. The summed E-state index contributed by atoms with van der Waals surface area (Å²) in [5.74, 6) is -0.489. The fourth-order valence-electron chi connectivity index (χ4n) is 5.07. The van der Waals surface area contributed by atoms with Crippen LogP contribution in [0.2, 0.25) is 5.02 Å². The lowest BCUT2D eigenvalue weighted by molar-refractivity contribution is -0.169. The van der Waals surface area contributed by atoms with Gasteiger partial charge in [-0.05, 0) is 61.7 Å². The second kappa shape index (κ2) is 11.8. The van der Waals surface area contributed by atoms with Crippen LogP contribution in [0, 0.1) is 6.92 Å². The Kier molecular flexibility index (Phi) is 8.70. The highest BCUT2D eigenvalue weighted by Gasteiger charge is 2.48. The molecule has 2 aliphatic heterocycles. The number of benzene rings is 2. The first kappa shape index (κ1) is 28.7. The lowest BCUT2D eigenvalue weighted by Crippen LogP contribution is -2.71. The number of piperazine rings is 1. The average Bonchev–Trinajstić information content (AvgIpc) is 2.88. The summed E-state index contributed by atoms with van der Waals surface area (Å²) in [7, 11) is 0. The quantitative estimate of drug-likeness (QED) is 0.539. The number of amides is 3. The van der Waals surface area contributed by atoms with Crippen LogP contribution in [0.25, 0.3) is 0 Å². The minimum atomic E-state index is -4.53. The first-order valence-corrected chi connectivity index (χ1v) is 13.0. The number of nitrogens with zero attached hydrogens (tertiary/aromatic N) is 3. The molecule has 2 atom stereocenters. The van der Waals surface area contributed by atoms with E-state index in [2.05, 4.69) is 0 Å². The van der Waals surface area contributed by atoms with Crippen LogP contribution in [-0.4, -0.2) is 64.4 Å². The van der Waals surface area contributed by atoms with Gasteiger partial charge in [-0.3, -0.25) is 14.5 Å². The predicted octanol–water partition coefficient (Wildman–Crippen LogP) is 4.31. The molecule has 2 saturated heterocycles. The van der Waals surface area contributed by atoms with E-state index in [4.69, 9.17) is 22.1 Å². The molecule has 0 bridgehead atoms. The van der Waals surface area contributed by atoms with E-state index in [0.29, 0.717) is 30.0 Å². The predicted molar refractivity (Wildman–Crippen MR) is 137 cm³/mol. The SMILES string of the molecule is Cc1cc(COC(=O)N2CCC(=O)N3[C@@H]2CN(Cc2ccc(Cl)cc2)C(=O)[C@@H]3CCCN)cc(C(F)(F)F)c1. The molecule has 0 saturated carbocycles. The van der Waals surface area contributed by atoms with Crippen molar-refractivity contribution in [1.82, 2.24) is 14.7 Å². The Balaban J connectivity index is 1.55. The van der Waals surface area contributed by atoms with E-state index >= 15 is 0 Å². The molecule has 0 spiro atoms. The Morgan fingerprint density at radius 3 is 2.51 bits per heavy atom. The van der Waals surface area contributed by atoms with Crippen molar-refractivity contribution < 1.29 is 32.3 Å². The minimum Gasteiger partial charge on any atom is -0.444 e. The van der Waals surface area contributed by atoms with E-state index in [9.17, 15) is 27.6 Å². The third-order valence-corrected chi connectivity index (χ3v) is 7.13. The summed E-state index contributed by atoms with van der Waals surface area (Å²) in [6.07, 6.45) is -5.25. The molecule has 4 rings (SSSR count). The first-order chi connectivity index (χ1) is 18.5. The van der Waals surface area contributed by atoms with Crippen molar-refractivity contribution in [2.45, 2.75) is 57.7 Å². The van der Waals surface area contributed by atoms with Crippen LogP contribution in [0.4, 0.5) is 18.0 Å². The van der Waals surface area contributed by atoms with Gasteiger partial charge >= 0.3 is 12.3 Å². The van der Waals surface area contributed by atoms with E-state index in [0.717, 1.165) is 17.7 Å². The van der Waals surface area contributed by atoms with Crippen LogP contribution in [0.5, 0.6) is 0 Å². The number of hydrogen-bond donors (Lipinski definition) is 1. The van der Waals surface area contributed by atoms with Crippen molar-refractivity contribution in [2.24, 2.45) is 5.73 Å². The molecule has 0 aromatic heterocycles. The molecule has 2 heterocycles. The van der Waals surface area contributed by atoms with Gasteiger partial charge in [-0.15, -0.1) is 0 Å². The van der Waals surface area contributed by atoms with Crippen LogP contribution in [0.3, 0.4) is 0 Å². The van der Waals surface area contributed by atoms with E-state index in [1.165, 1.54) is 22.8 Å². The average molecular weight is 567 g/mol. The number of ether oxygens (including phenoxy) is 1. The zero-order valence-corrected chi connectivity index (χ0v) is 22.2. The number of carbonyl (C=O) groups is 3. The summed E-state index contributed by atoms with van der Waals surface area (Å²) in [5.41, 5.74) is 6.28. The third-order valence-electron chi connectivity index (χ3n) is 6.88. The molecule has 0 unspecified atom stereocenters. The highest BCUT2D eigenvalue weighted by molar-refractivity contribution is 6.30. The maximum atomic E-state index is 13.5. The van der Waals surface area contributed by atoms with E-state index < -0.39 is 30.0 Å². The Morgan fingerprint density at radius 1 is 1.13 bits per heavy atom. The van der Waals surface area contributed by atoms with E-state index in [-0.39, 0.29) is 50.0 Å². The normalized spacial score (nSPS) is 19.8. The molecule has 39 heavy (non-hydrogen) atoms. The fraction of sp³-hybridized carbons (Fsp3) is 0.444. The molecular weight excluding hydrogens is 537 g/mol. The van der Waals surface area contributed by atoms with Gasteiger partial charge in [0.2, 0.25) is 11.8 Å². The molecule has 210 valence electrons. The number of carbonyl (C=O) groups excluding carboxylic acids is 3. The Morgan fingerprint density at radius 2 is 1.85 bits per heavy atom. The maximum absolute atomic E-state index is 13.5. The van der Waals surface area contributed by atoms with Gasteiger partial charge in [0.05, 0.1) is 12.1 Å². The highest BCUT2D eigenvalue weighted by Crippen LogP contribution is 2.32. The molecule has 3 amide bonds. The smallest absolute Gasteiger partial charge is 0.416 e. The summed E-state index contributed by atoms with van der Waals surface area (Å²) in [6, 6.07) is 9.72. The van der Waals surface area contributed by atoms with Crippen LogP contribution >= 0.6 is 11.6 Å². The third kappa shape index (κ3) is 6.65. The van der Waals surface area contributed by atoms with E-state index in [1.54, 1.807) is 29.2 Å². The van der Waals surface area contributed by atoms with Gasteiger partial charge in [-0.2, -0.15) is 13.2 Å². The summed E-state index contributed by atoms with van der Waals surface area (Å²) in [6.45, 7) is 1.86.